The van der Waals surface area contributed by atoms with Gasteiger partial charge in [-0.05, 0) is 62.9 Å². The maximum absolute atomic E-state index is 12.0. The molecule has 0 saturated carbocycles. The molecule has 0 radical (unpaired) electrons. The van der Waals surface area contributed by atoms with E-state index in [2.05, 4.69) is 20.0 Å². The van der Waals surface area contributed by atoms with Crippen molar-refractivity contribution in [2.75, 3.05) is 10.0 Å². The molecule has 1 aromatic heterocycles. The fourth-order valence-electron chi connectivity index (χ4n) is 2.59. The summed E-state index contributed by atoms with van der Waals surface area (Å²) >= 11 is 5.99. The minimum atomic E-state index is -3.38. The number of fused-ring (bicyclic) bond motifs is 1. The van der Waals surface area contributed by atoms with Crippen molar-refractivity contribution >= 4 is 38.8 Å². The van der Waals surface area contributed by atoms with E-state index in [1.165, 1.54) is 0 Å². The maximum Gasteiger partial charge on any atom is 0.235 e. The van der Waals surface area contributed by atoms with Crippen molar-refractivity contribution in [1.82, 2.24) is 9.97 Å². The molecule has 0 fully saturated rings. The van der Waals surface area contributed by atoms with Gasteiger partial charge in [0.1, 0.15) is 5.82 Å². The van der Waals surface area contributed by atoms with E-state index >= 15 is 0 Å². The molecule has 8 heteroatoms. The van der Waals surface area contributed by atoms with Gasteiger partial charge in [-0.15, -0.1) is 0 Å². The second-order valence-corrected chi connectivity index (χ2v) is 8.60. The summed E-state index contributed by atoms with van der Waals surface area (Å²) < 4.78 is 26.6. The zero-order chi connectivity index (χ0) is 17.3. The van der Waals surface area contributed by atoms with Crippen LogP contribution in [0.1, 0.15) is 31.5 Å². The lowest BCUT2D eigenvalue weighted by molar-refractivity contribution is 0.593. The molecule has 1 aliphatic rings. The molecule has 0 unspecified atom stereocenters. The molecular formula is C16H19ClN4O2S. The van der Waals surface area contributed by atoms with Crippen LogP contribution >= 0.6 is 11.6 Å². The molecule has 3 rings (SSSR count). The van der Waals surface area contributed by atoms with Crippen molar-refractivity contribution in [2.45, 2.75) is 38.4 Å². The Morgan fingerprint density at radius 3 is 2.67 bits per heavy atom. The molecule has 24 heavy (non-hydrogen) atoms. The first-order valence-electron chi connectivity index (χ1n) is 7.79. The Morgan fingerprint density at radius 1 is 1.17 bits per heavy atom. The number of hydrogen-bond donors (Lipinski definition) is 2. The van der Waals surface area contributed by atoms with Gasteiger partial charge in [0, 0.05) is 11.3 Å². The van der Waals surface area contributed by atoms with E-state index < -0.39 is 15.3 Å². The first-order chi connectivity index (χ1) is 11.3. The quantitative estimate of drug-likeness (QED) is 0.791. The number of aryl methyl sites for hydroxylation is 1. The summed E-state index contributed by atoms with van der Waals surface area (Å²) in [6.45, 7) is 3.27. The zero-order valence-electron chi connectivity index (χ0n) is 13.5. The number of nitrogens with one attached hydrogen (secondary N) is 2. The third-order valence-corrected chi connectivity index (χ3v) is 5.84. The highest BCUT2D eigenvalue weighted by atomic mass is 35.5. The van der Waals surface area contributed by atoms with Crippen molar-refractivity contribution in [3.63, 3.8) is 0 Å². The van der Waals surface area contributed by atoms with E-state index in [-0.39, 0.29) is 5.28 Å². The monoisotopic (exact) mass is 366 g/mol. The molecule has 0 bridgehead atoms. The average molecular weight is 367 g/mol. The number of hydrogen-bond acceptors (Lipinski definition) is 5. The smallest absolute Gasteiger partial charge is 0.235 e. The predicted octanol–water partition coefficient (Wildman–Crippen LogP) is 3.51. The van der Waals surface area contributed by atoms with Gasteiger partial charge in [-0.2, -0.15) is 0 Å². The van der Waals surface area contributed by atoms with Crippen molar-refractivity contribution in [3.8, 4) is 0 Å². The highest BCUT2D eigenvalue weighted by molar-refractivity contribution is 7.93. The standard InChI is InChI=1S/C16H19ClN4O2S/c1-10(2)24(22,23)21-12-6-3-5-11(9-12)18-15-13-7-4-8-14(13)19-16(17)20-15/h3,5-6,9-10,21H,4,7-8H2,1-2H3,(H,18,19,20). The summed E-state index contributed by atoms with van der Waals surface area (Å²) in [6, 6.07) is 7.08. The first kappa shape index (κ1) is 17.0. The lowest BCUT2D eigenvalue weighted by Crippen LogP contribution is -2.22. The summed E-state index contributed by atoms with van der Waals surface area (Å²) in [4.78, 5) is 8.54. The molecule has 1 aromatic carbocycles. The predicted molar refractivity (Wildman–Crippen MR) is 96.5 cm³/mol. The van der Waals surface area contributed by atoms with Gasteiger partial charge in [0.2, 0.25) is 15.3 Å². The van der Waals surface area contributed by atoms with Crippen LogP contribution in [0.25, 0.3) is 0 Å². The lowest BCUT2D eigenvalue weighted by atomic mass is 10.2. The molecule has 0 aliphatic heterocycles. The van der Waals surface area contributed by atoms with Gasteiger partial charge in [0.25, 0.3) is 0 Å². The Morgan fingerprint density at radius 2 is 1.92 bits per heavy atom. The van der Waals surface area contributed by atoms with Gasteiger partial charge >= 0.3 is 0 Å². The normalized spacial score (nSPS) is 13.8. The zero-order valence-corrected chi connectivity index (χ0v) is 15.1. The topological polar surface area (TPSA) is 84.0 Å². The number of halogens is 1. The summed E-state index contributed by atoms with van der Waals surface area (Å²) in [5, 5.41) is 2.95. The fourth-order valence-corrected chi connectivity index (χ4v) is 3.46. The summed E-state index contributed by atoms with van der Waals surface area (Å²) in [5.41, 5.74) is 3.30. The van der Waals surface area contributed by atoms with Gasteiger partial charge in [-0.25, -0.2) is 18.4 Å². The largest absolute Gasteiger partial charge is 0.340 e. The fraction of sp³-hybridized carbons (Fsp3) is 0.375. The van der Waals surface area contributed by atoms with Crippen LogP contribution in [-0.4, -0.2) is 23.6 Å². The van der Waals surface area contributed by atoms with Crippen LogP contribution in [-0.2, 0) is 22.9 Å². The van der Waals surface area contributed by atoms with E-state index in [0.717, 1.165) is 36.2 Å². The number of nitrogens with zero attached hydrogens (tertiary/aromatic N) is 2. The van der Waals surface area contributed by atoms with Crippen molar-refractivity contribution < 1.29 is 8.42 Å². The molecule has 6 nitrogen and oxygen atoms in total. The van der Waals surface area contributed by atoms with Crippen molar-refractivity contribution in [3.05, 3.63) is 40.8 Å². The Balaban J connectivity index is 1.86. The number of benzene rings is 1. The average Bonchev–Trinajstić information content (AvgIpc) is 2.95. The SMILES string of the molecule is CC(C)S(=O)(=O)Nc1cccc(Nc2nc(Cl)nc3c2CCC3)c1. The molecule has 1 heterocycles. The third kappa shape index (κ3) is 3.62. The van der Waals surface area contributed by atoms with E-state index in [1.807, 2.05) is 6.07 Å². The molecule has 2 N–H and O–H groups in total. The van der Waals surface area contributed by atoms with Crippen LogP contribution in [0, 0.1) is 0 Å². The number of sulfonamides is 1. The summed E-state index contributed by atoms with van der Waals surface area (Å²) in [5.74, 6) is 0.686. The second kappa shape index (κ2) is 6.57. The molecule has 1 aliphatic carbocycles. The number of aromatic nitrogens is 2. The number of anilines is 3. The van der Waals surface area contributed by atoms with E-state index in [1.54, 1.807) is 32.0 Å². The first-order valence-corrected chi connectivity index (χ1v) is 9.71. The minimum absolute atomic E-state index is 0.217. The van der Waals surface area contributed by atoms with Crippen LogP contribution in [0.3, 0.4) is 0 Å². The van der Waals surface area contributed by atoms with Gasteiger partial charge < -0.3 is 5.32 Å². The lowest BCUT2D eigenvalue weighted by Gasteiger charge is -2.13. The Labute approximate surface area is 146 Å². The van der Waals surface area contributed by atoms with E-state index in [9.17, 15) is 8.42 Å². The van der Waals surface area contributed by atoms with Crippen molar-refractivity contribution in [1.29, 1.82) is 0 Å². The van der Waals surface area contributed by atoms with Crippen LogP contribution in [0.4, 0.5) is 17.2 Å². The van der Waals surface area contributed by atoms with Crippen LogP contribution in [0.15, 0.2) is 24.3 Å². The molecule has 0 saturated heterocycles. The van der Waals surface area contributed by atoms with Gasteiger partial charge in [-0.3, -0.25) is 4.72 Å². The molecule has 2 aromatic rings. The summed E-state index contributed by atoms with van der Waals surface area (Å²) in [6.07, 6.45) is 2.85. The van der Waals surface area contributed by atoms with Crippen LogP contribution in [0.5, 0.6) is 0 Å². The maximum atomic E-state index is 12.0. The van der Waals surface area contributed by atoms with E-state index in [0.29, 0.717) is 11.5 Å². The molecule has 0 amide bonds. The van der Waals surface area contributed by atoms with Gasteiger partial charge in [0.05, 0.1) is 16.6 Å². The molecule has 0 spiro atoms. The minimum Gasteiger partial charge on any atom is -0.340 e. The Kier molecular flexibility index (Phi) is 4.64. The third-order valence-electron chi connectivity index (χ3n) is 3.91. The highest BCUT2D eigenvalue weighted by Crippen LogP contribution is 2.30. The van der Waals surface area contributed by atoms with E-state index in [4.69, 9.17) is 11.6 Å². The highest BCUT2D eigenvalue weighted by Gasteiger charge is 2.19. The Bertz CT molecular complexity index is 868. The number of rotatable bonds is 5. The van der Waals surface area contributed by atoms with Crippen LogP contribution < -0.4 is 10.0 Å². The molecular weight excluding hydrogens is 348 g/mol. The van der Waals surface area contributed by atoms with Gasteiger partial charge in [0.15, 0.2) is 0 Å². The molecule has 0 atom stereocenters. The van der Waals surface area contributed by atoms with Crippen molar-refractivity contribution in [2.24, 2.45) is 0 Å². The van der Waals surface area contributed by atoms with Crippen LogP contribution in [0.2, 0.25) is 5.28 Å². The second-order valence-electron chi connectivity index (χ2n) is 6.02. The summed E-state index contributed by atoms with van der Waals surface area (Å²) in [7, 11) is -3.38. The Hall–Kier alpha value is -1.86. The molecule has 128 valence electrons. The van der Waals surface area contributed by atoms with Gasteiger partial charge in [-0.1, -0.05) is 6.07 Å².